The van der Waals surface area contributed by atoms with Gasteiger partial charge in [0.2, 0.25) is 0 Å². The summed E-state index contributed by atoms with van der Waals surface area (Å²) in [5, 5.41) is 14.7. The average Bonchev–Trinajstić information content (AvgIpc) is 2.55. The Hall–Kier alpha value is -3.02. The van der Waals surface area contributed by atoms with E-state index in [0.29, 0.717) is 5.92 Å². The Morgan fingerprint density at radius 3 is 2.43 bits per heavy atom. The Bertz CT molecular complexity index is 737. The Labute approximate surface area is 134 Å². The minimum Gasteiger partial charge on any atom is -0.267 e. The fraction of sp³-hybridized carbons (Fsp3) is 0.176. The summed E-state index contributed by atoms with van der Waals surface area (Å²) < 4.78 is 0. The smallest absolute Gasteiger partial charge is 0.267 e. The summed E-state index contributed by atoms with van der Waals surface area (Å²) in [5.74, 6) is -0.174. The van der Waals surface area contributed by atoms with E-state index in [9.17, 15) is 14.9 Å². The van der Waals surface area contributed by atoms with Crippen molar-refractivity contribution in [2.75, 3.05) is 0 Å². The monoisotopic (exact) mass is 311 g/mol. The van der Waals surface area contributed by atoms with Crippen LogP contribution in [-0.2, 0) is 0 Å². The number of carbonyl (C=O) groups excluding carboxylic acids is 1. The van der Waals surface area contributed by atoms with Crippen molar-refractivity contribution in [2.45, 2.75) is 19.8 Å². The molecular formula is C17H17N3O3. The highest BCUT2D eigenvalue weighted by molar-refractivity contribution is 5.98. The van der Waals surface area contributed by atoms with Crippen LogP contribution in [-0.4, -0.2) is 17.0 Å². The van der Waals surface area contributed by atoms with Crippen LogP contribution in [0.2, 0.25) is 0 Å². The molecule has 0 aliphatic heterocycles. The predicted octanol–water partition coefficient (Wildman–Crippen LogP) is 3.48. The first-order chi connectivity index (χ1) is 11.0. The first-order valence-electron chi connectivity index (χ1n) is 7.16. The van der Waals surface area contributed by atoms with Gasteiger partial charge >= 0.3 is 0 Å². The van der Waals surface area contributed by atoms with Crippen LogP contribution in [0.3, 0.4) is 0 Å². The molecule has 0 bridgehead atoms. The van der Waals surface area contributed by atoms with Crippen LogP contribution in [0.1, 0.15) is 41.3 Å². The number of nitrogens with one attached hydrogen (secondary N) is 1. The third-order valence-electron chi connectivity index (χ3n) is 3.33. The van der Waals surface area contributed by atoms with Crippen LogP contribution in [0, 0.1) is 10.1 Å². The molecule has 0 fully saturated rings. The molecule has 0 unspecified atom stereocenters. The van der Waals surface area contributed by atoms with Crippen molar-refractivity contribution in [3.63, 3.8) is 0 Å². The van der Waals surface area contributed by atoms with Gasteiger partial charge in [0.25, 0.3) is 11.6 Å². The number of amides is 1. The summed E-state index contributed by atoms with van der Waals surface area (Å²) in [4.78, 5) is 22.3. The Morgan fingerprint density at radius 2 is 1.83 bits per heavy atom. The molecule has 0 aromatic heterocycles. The maximum absolute atomic E-state index is 12.0. The van der Waals surface area contributed by atoms with Gasteiger partial charge in [0.15, 0.2) is 0 Å². The standard InChI is InChI=1S/C17H17N3O3/c1-12(2)14-9-7-13(8-10-14)11-18-19-17(21)15-5-3-4-6-16(15)20(22)23/h3-12H,1-2H3,(H,19,21). The number of hydrogen-bond acceptors (Lipinski definition) is 4. The second-order valence-corrected chi connectivity index (χ2v) is 5.29. The second-order valence-electron chi connectivity index (χ2n) is 5.29. The fourth-order valence-corrected chi connectivity index (χ4v) is 2.02. The zero-order valence-electron chi connectivity index (χ0n) is 12.9. The van der Waals surface area contributed by atoms with Gasteiger partial charge in [-0.15, -0.1) is 0 Å². The largest absolute Gasteiger partial charge is 0.282 e. The van der Waals surface area contributed by atoms with E-state index in [0.717, 1.165) is 5.56 Å². The molecule has 1 amide bonds. The number of nitro groups is 1. The summed E-state index contributed by atoms with van der Waals surface area (Å²) in [7, 11) is 0. The van der Waals surface area contributed by atoms with Gasteiger partial charge in [0.1, 0.15) is 5.56 Å². The second kappa shape index (κ2) is 7.31. The lowest BCUT2D eigenvalue weighted by Crippen LogP contribution is -2.18. The van der Waals surface area contributed by atoms with Gasteiger partial charge in [-0.05, 0) is 23.1 Å². The van der Waals surface area contributed by atoms with Gasteiger partial charge in [-0.3, -0.25) is 14.9 Å². The van der Waals surface area contributed by atoms with E-state index in [1.807, 2.05) is 24.3 Å². The minimum absolute atomic E-state index is 0.0233. The summed E-state index contributed by atoms with van der Waals surface area (Å²) in [5.41, 5.74) is 4.08. The molecule has 0 aliphatic rings. The van der Waals surface area contributed by atoms with Gasteiger partial charge in [0.05, 0.1) is 11.1 Å². The molecule has 2 rings (SSSR count). The predicted molar refractivity (Wildman–Crippen MR) is 88.7 cm³/mol. The molecule has 0 heterocycles. The molecule has 0 spiro atoms. The molecule has 6 nitrogen and oxygen atoms in total. The van der Waals surface area contributed by atoms with Crippen LogP contribution in [0.4, 0.5) is 5.69 Å². The number of benzene rings is 2. The summed E-state index contributed by atoms with van der Waals surface area (Å²) in [6.07, 6.45) is 1.50. The molecule has 23 heavy (non-hydrogen) atoms. The summed E-state index contributed by atoms with van der Waals surface area (Å²) in [6.45, 7) is 4.21. The first-order valence-corrected chi connectivity index (χ1v) is 7.16. The third kappa shape index (κ3) is 4.23. The lowest BCUT2D eigenvalue weighted by Gasteiger charge is -2.04. The minimum atomic E-state index is -0.618. The van der Waals surface area contributed by atoms with E-state index < -0.39 is 10.8 Å². The van der Waals surface area contributed by atoms with Crippen molar-refractivity contribution in [1.29, 1.82) is 0 Å². The number of rotatable bonds is 5. The number of hydrazone groups is 1. The highest BCUT2D eigenvalue weighted by Crippen LogP contribution is 2.17. The Morgan fingerprint density at radius 1 is 1.17 bits per heavy atom. The van der Waals surface area contributed by atoms with Gasteiger partial charge in [0, 0.05) is 6.07 Å². The lowest BCUT2D eigenvalue weighted by atomic mass is 10.0. The summed E-state index contributed by atoms with van der Waals surface area (Å²) >= 11 is 0. The number of para-hydroxylation sites is 1. The van der Waals surface area contributed by atoms with Crippen molar-refractivity contribution in [1.82, 2.24) is 5.43 Å². The maximum Gasteiger partial charge on any atom is 0.282 e. The Kier molecular flexibility index (Phi) is 5.19. The zero-order valence-corrected chi connectivity index (χ0v) is 12.9. The van der Waals surface area contributed by atoms with Crippen LogP contribution in [0.5, 0.6) is 0 Å². The normalized spacial score (nSPS) is 10.9. The van der Waals surface area contributed by atoms with Crippen LogP contribution < -0.4 is 5.43 Å². The lowest BCUT2D eigenvalue weighted by molar-refractivity contribution is -0.385. The quantitative estimate of drug-likeness (QED) is 0.521. The average molecular weight is 311 g/mol. The summed E-state index contributed by atoms with van der Waals surface area (Å²) in [6, 6.07) is 13.5. The highest BCUT2D eigenvalue weighted by Gasteiger charge is 2.18. The van der Waals surface area contributed by atoms with E-state index in [1.54, 1.807) is 6.07 Å². The fourth-order valence-electron chi connectivity index (χ4n) is 2.02. The topological polar surface area (TPSA) is 84.6 Å². The van der Waals surface area contributed by atoms with E-state index >= 15 is 0 Å². The van der Waals surface area contributed by atoms with E-state index in [4.69, 9.17) is 0 Å². The molecule has 0 atom stereocenters. The van der Waals surface area contributed by atoms with Crippen molar-refractivity contribution in [3.05, 3.63) is 75.3 Å². The van der Waals surface area contributed by atoms with E-state index in [1.165, 1.54) is 30.0 Å². The molecular weight excluding hydrogens is 294 g/mol. The SMILES string of the molecule is CC(C)c1ccc(C=NNC(=O)c2ccccc2[N+](=O)[O-])cc1. The van der Waals surface area contributed by atoms with Gasteiger partial charge in [-0.2, -0.15) is 5.10 Å². The van der Waals surface area contributed by atoms with Crippen LogP contribution >= 0.6 is 0 Å². The molecule has 0 saturated heterocycles. The van der Waals surface area contributed by atoms with Crippen molar-refractivity contribution in [3.8, 4) is 0 Å². The first kappa shape index (κ1) is 16.4. The number of nitro benzene ring substituents is 1. The van der Waals surface area contributed by atoms with E-state index in [2.05, 4.69) is 24.4 Å². The van der Waals surface area contributed by atoms with Gasteiger partial charge < -0.3 is 0 Å². The zero-order chi connectivity index (χ0) is 16.8. The highest BCUT2D eigenvalue weighted by atomic mass is 16.6. The number of nitrogens with zero attached hydrogens (tertiary/aromatic N) is 2. The van der Waals surface area contributed by atoms with Crippen LogP contribution in [0.15, 0.2) is 53.6 Å². The third-order valence-corrected chi connectivity index (χ3v) is 3.33. The van der Waals surface area contributed by atoms with Crippen LogP contribution in [0.25, 0.3) is 0 Å². The van der Waals surface area contributed by atoms with E-state index in [-0.39, 0.29) is 11.3 Å². The Balaban J connectivity index is 2.05. The molecule has 1 N–H and O–H groups in total. The van der Waals surface area contributed by atoms with Crippen molar-refractivity contribution < 1.29 is 9.72 Å². The van der Waals surface area contributed by atoms with Crippen molar-refractivity contribution >= 4 is 17.8 Å². The molecule has 0 saturated carbocycles. The maximum atomic E-state index is 12.0. The molecule has 0 radical (unpaired) electrons. The number of hydrogen-bond donors (Lipinski definition) is 1. The molecule has 0 aliphatic carbocycles. The van der Waals surface area contributed by atoms with Crippen molar-refractivity contribution in [2.24, 2.45) is 5.10 Å². The molecule has 6 heteroatoms. The number of carbonyl (C=O) groups is 1. The molecule has 2 aromatic carbocycles. The van der Waals surface area contributed by atoms with Gasteiger partial charge in [-0.1, -0.05) is 50.2 Å². The molecule has 118 valence electrons. The van der Waals surface area contributed by atoms with Gasteiger partial charge in [-0.25, -0.2) is 5.43 Å². The molecule has 2 aromatic rings.